The van der Waals surface area contributed by atoms with Crippen molar-refractivity contribution in [2.24, 2.45) is 0 Å². The standard InChI is InChI=1S/C12H13BrN2S/c13-11-4-8-16-12(11)9-15-7-3-10-1-5-14-6-2-10/h1-2,4-6,8,15H,3,7,9H2. The summed E-state index contributed by atoms with van der Waals surface area (Å²) < 4.78 is 1.20. The second kappa shape index (κ2) is 6.13. The fraction of sp³-hybridized carbons (Fsp3) is 0.250. The van der Waals surface area contributed by atoms with Crippen LogP contribution >= 0.6 is 27.3 Å². The van der Waals surface area contributed by atoms with Crippen molar-refractivity contribution in [3.63, 3.8) is 0 Å². The van der Waals surface area contributed by atoms with Gasteiger partial charge in [0.05, 0.1) is 0 Å². The van der Waals surface area contributed by atoms with Crippen molar-refractivity contribution in [3.8, 4) is 0 Å². The number of aromatic nitrogens is 1. The van der Waals surface area contributed by atoms with Crippen LogP contribution in [0, 0.1) is 0 Å². The second-order valence-corrected chi connectivity index (χ2v) is 5.33. The molecule has 0 atom stereocenters. The van der Waals surface area contributed by atoms with Gasteiger partial charge in [0.2, 0.25) is 0 Å². The minimum atomic E-state index is 0.934. The number of hydrogen-bond donors (Lipinski definition) is 1. The molecule has 1 N–H and O–H groups in total. The van der Waals surface area contributed by atoms with Gasteiger partial charge in [0.1, 0.15) is 0 Å². The lowest BCUT2D eigenvalue weighted by Gasteiger charge is -2.03. The molecule has 0 aliphatic heterocycles. The molecule has 0 saturated heterocycles. The van der Waals surface area contributed by atoms with Crippen LogP contribution < -0.4 is 5.32 Å². The van der Waals surface area contributed by atoms with Gasteiger partial charge in [-0.25, -0.2) is 0 Å². The Labute approximate surface area is 108 Å². The van der Waals surface area contributed by atoms with E-state index in [0.29, 0.717) is 0 Å². The Morgan fingerprint density at radius 3 is 2.75 bits per heavy atom. The lowest BCUT2D eigenvalue weighted by Crippen LogP contribution is -2.16. The van der Waals surface area contributed by atoms with Crippen LogP contribution in [-0.2, 0) is 13.0 Å². The van der Waals surface area contributed by atoms with Gasteiger partial charge in [-0.3, -0.25) is 4.98 Å². The van der Waals surface area contributed by atoms with Crippen molar-refractivity contribution < 1.29 is 0 Å². The molecular formula is C12H13BrN2S. The van der Waals surface area contributed by atoms with Crippen molar-refractivity contribution in [1.29, 1.82) is 0 Å². The molecule has 0 bridgehead atoms. The molecule has 0 aliphatic carbocycles. The van der Waals surface area contributed by atoms with Crippen LogP contribution in [0.25, 0.3) is 0 Å². The molecule has 4 heteroatoms. The summed E-state index contributed by atoms with van der Waals surface area (Å²) in [6, 6.07) is 6.20. The molecule has 0 radical (unpaired) electrons. The first-order chi connectivity index (χ1) is 7.86. The van der Waals surface area contributed by atoms with Gasteiger partial charge in [-0.1, -0.05) is 0 Å². The third kappa shape index (κ3) is 3.40. The Morgan fingerprint density at radius 2 is 2.06 bits per heavy atom. The van der Waals surface area contributed by atoms with Crippen molar-refractivity contribution in [1.82, 2.24) is 10.3 Å². The average Bonchev–Trinajstić information content (AvgIpc) is 2.72. The summed E-state index contributed by atoms with van der Waals surface area (Å²) in [6.07, 6.45) is 4.72. The van der Waals surface area contributed by atoms with Gasteiger partial charge in [-0.05, 0) is 58.0 Å². The molecule has 16 heavy (non-hydrogen) atoms. The van der Waals surface area contributed by atoms with Crippen LogP contribution in [0.15, 0.2) is 40.4 Å². The van der Waals surface area contributed by atoms with Gasteiger partial charge in [0, 0.05) is 28.3 Å². The van der Waals surface area contributed by atoms with Crippen LogP contribution in [0.3, 0.4) is 0 Å². The maximum Gasteiger partial charge on any atom is 0.0327 e. The predicted molar refractivity (Wildman–Crippen MR) is 71.7 cm³/mol. The summed E-state index contributed by atoms with van der Waals surface area (Å²) in [7, 11) is 0. The molecule has 0 fully saturated rings. The minimum absolute atomic E-state index is 0.934. The first-order valence-corrected chi connectivity index (χ1v) is 6.85. The normalized spacial score (nSPS) is 10.6. The van der Waals surface area contributed by atoms with Crippen LogP contribution in [-0.4, -0.2) is 11.5 Å². The van der Waals surface area contributed by atoms with E-state index in [9.17, 15) is 0 Å². The largest absolute Gasteiger partial charge is 0.311 e. The van der Waals surface area contributed by atoms with Crippen molar-refractivity contribution in [2.45, 2.75) is 13.0 Å². The van der Waals surface area contributed by atoms with E-state index in [1.807, 2.05) is 12.4 Å². The lowest BCUT2D eigenvalue weighted by atomic mass is 10.2. The lowest BCUT2D eigenvalue weighted by molar-refractivity contribution is 0.692. The predicted octanol–water partition coefficient (Wildman–Crippen LogP) is 3.24. The zero-order valence-corrected chi connectivity index (χ0v) is 11.2. The third-order valence-electron chi connectivity index (χ3n) is 2.32. The van der Waals surface area contributed by atoms with E-state index in [-0.39, 0.29) is 0 Å². The van der Waals surface area contributed by atoms with Crippen LogP contribution in [0.4, 0.5) is 0 Å². The Kier molecular flexibility index (Phi) is 4.51. The quantitative estimate of drug-likeness (QED) is 0.857. The van der Waals surface area contributed by atoms with Gasteiger partial charge in [0.25, 0.3) is 0 Å². The van der Waals surface area contributed by atoms with E-state index >= 15 is 0 Å². The molecule has 2 heterocycles. The molecule has 0 spiro atoms. The highest BCUT2D eigenvalue weighted by molar-refractivity contribution is 9.10. The van der Waals surface area contributed by atoms with E-state index in [1.54, 1.807) is 11.3 Å². The number of nitrogens with zero attached hydrogens (tertiary/aromatic N) is 1. The van der Waals surface area contributed by atoms with Gasteiger partial charge >= 0.3 is 0 Å². The molecular weight excluding hydrogens is 284 g/mol. The zero-order chi connectivity index (χ0) is 11.2. The summed E-state index contributed by atoms with van der Waals surface area (Å²) in [5, 5.41) is 5.54. The van der Waals surface area contributed by atoms with Crippen LogP contribution in [0.2, 0.25) is 0 Å². The monoisotopic (exact) mass is 296 g/mol. The van der Waals surface area contributed by atoms with Crippen molar-refractivity contribution in [2.75, 3.05) is 6.54 Å². The number of pyridine rings is 1. The molecule has 0 saturated carbocycles. The summed E-state index contributed by atoms with van der Waals surface area (Å²) >= 11 is 5.30. The summed E-state index contributed by atoms with van der Waals surface area (Å²) in [6.45, 7) is 1.93. The number of halogens is 1. The first kappa shape index (κ1) is 11.8. The van der Waals surface area contributed by atoms with Gasteiger partial charge in [0.15, 0.2) is 0 Å². The maximum absolute atomic E-state index is 4.00. The van der Waals surface area contributed by atoms with Crippen molar-refractivity contribution >= 4 is 27.3 Å². The number of nitrogens with one attached hydrogen (secondary N) is 1. The number of thiophene rings is 1. The molecule has 0 unspecified atom stereocenters. The Morgan fingerprint density at radius 1 is 1.25 bits per heavy atom. The smallest absolute Gasteiger partial charge is 0.0327 e. The Hall–Kier alpha value is -0.710. The summed E-state index contributed by atoms with van der Waals surface area (Å²) in [5.41, 5.74) is 1.33. The molecule has 2 aromatic rings. The molecule has 2 aromatic heterocycles. The van der Waals surface area contributed by atoms with E-state index in [0.717, 1.165) is 19.5 Å². The molecule has 2 nitrogen and oxygen atoms in total. The van der Waals surface area contributed by atoms with E-state index in [4.69, 9.17) is 0 Å². The number of rotatable bonds is 5. The zero-order valence-electron chi connectivity index (χ0n) is 8.82. The first-order valence-electron chi connectivity index (χ1n) is 5.18. The SMILES string of the molecule is Brc1ccsc1CNCCc1ccncc1. The molecule has 0 aromatic carbocycles. The fourth-order valence-electron chi connectivity index (χ4n) is 1.44. The van der Waals surface area contributed by atoms with Gasteiger partial charge < -0.3 is 5.32 Å². The van der Waals surface area contributed by atoms with Gasteiger partial charge in [-0.2, -0.15) is 0 Å². The third-order valence-corrected chi connectivity index (χ3v) is 4.24. The summed E-state index contributed by atoms with van der Waals surface area (Å²) in [4.78, 5) is 5.36. The van der Waals surface area contributed by atoms with Crippen LogP contribution in [0.5, 0.6) is 0 Å². The minimum Gasteiger partial charge on any atom is -0.311 e. The topological polar surface area (TPSA) is 24.9 Å². The second-order valence-electron chi connectivity index (χ2n) is 3.47. The van der Waals surface area contributed by atoms with Crippen molar-refractivity contribution in [3.05, 3.63) is 50.9 Å². The number of hydrogen-bond acceptors (Lipinski definition) is 3. The van der Waals surface area contributed by atoms with E-state index in [1.165, 1.54) is 14.9 Å². The highest BCUT2D eigenvalue weighted by Gasteiger charge is 1.99. The molecule has 84 valence electrons. The van der Waals surface area contributed by atoms with Crippen LogP contribution in [0.1, 0.15) is 10.4 Å². The Balaban J connectivity index is 1.72. The van der Waals surface area contributed by atoms with Gasteiger partial charge in [-0.15, -0.1) is 11.3 Å². The van der Waals surface area contributed by atoms with E-state index < -0.39 is 0 Å². The van der Waals surface area contributed by atoms with E-state index in [2.05, 4.69) is 49.8 Å². The summed E-state index contributed by atoms with van der Waals surface area (Å²) in [5.74, 6) is 0. The molecule has 2 rings (SSSR count). The average molecular weight is 297 g/mol. The Bertz CT molecular complexity index is 428. The molecule has 0 aliphatic rings. The highest BCUT2D eigenvalue weighted by atomic mass is 79.9. The molecule has 0 amide bonds. The highest BCUT2D eigenvalue weighted by Crippen LogP contribution is 2.21. The fourth-order valence-corrected chi connectivity index (χ4v) is 2.90. The maximum atomic E-state index is 4.00.